The van der Waals surface area contributed by atoms with Crippen molar-refractivity contribution >= 4 is 5.91 Å². The molecule has 0 aliphatic heterocycles. The molecule has 1 aromatic carbocycles. The molecule has 0 fully saturated rings. The number of amides is 1. The lowest BCUT2D eigenvalue weighted by atomic mass is 10.1. The minimum Gasteiger partial charge on any atom is -0.478 e. The Morgan fingerprint density at radius 1 is 1.30 bits per heavy atom. The van der Waals surface area contributed by atoms with Gasteiger partial charge >= 0.3 is 0 Å². The summed E-state index contributed by atoms with van der Waals surface area (Å²) in [6.07, 6.45) is 0. The first-order valence-electron chi connectivity index (χ1n) is 6.36. The lowest BCUT2D eigenvalue weighted by Crippen LogP contribution is -2.39. The molecule has 0 aliphatic carbocycles. The van der Waals surface area contributed by atoms with Crippen LogP contribution in [0, 0.1) is 17.6 Å². The van der Waals surface area contributed by atoms with E-state index in [0.29, 0.717) is 0 Å². The number of hydrogen-bond donors (Lipinski definition) is 2. The molecule has 6 heteroatoms. The van der Waals surface area contributed by atoms with Gasteiger partial charge in [-0.15, -0.1) is 0 Å². The van der Waals surface area contributed by atoms with Crippen LogP contribution in [0.15, 0.2) is 12.1 Å². The Kier molecular flexibility index (Phi) is 5.88. The van der Waals surface area contributed by atoms with Crippen LogP contribution in [0.5, 0.6) is 5.75 Å². The number of nitrogens with one attached hydrogen (secondary N) is 1. The first-order chi connectivity index (χ1) is 9.35. The summed E-state index contributed by atoms with van der Waals surface area (Å²) in [6.45, 7) is 4.78. The molecule has 0 radical (unpaired) electrons. The summed E-state index contributed by atoms with van der Waals surface area (Å²) in [5, 5.41) is 11.5. The third-order valence-electron chi connectivity index (χ3n) is 2.98. The van der Waals surface area contributed by atoms with Crippen molar-refractivity contribution in [1.82, 2.24) is 5.32 Å². The standard InChI is InChI=1S/C14H19F2NO3/c1-8(2)9(3)17-13(19)7-20-14-11(15)4-10(6-18)5-12(14)16/h4-5,8-9,18H,6-7H2,1-3H3,(H,17,19). The molecule has 1 atom stereocenters. The molecule has 0 bridgehead atoms. The van der Waals surface area contributed by atoms with Crippen molar-refractivity contribution in [3.05, 3.63) is 29.3 Å². The molecule has 1 aromatic rings. The number of hydrogen-bond acceptors (Lipinski definition) is 3. The Morgan fingerprint density at radius 3 is 2.30 bits per heavy atom. The summed E-state index contributed by atoms with van der Waals surface area (Å²) >= 11 is 0. The maximum absolute atomic E-state index is 13.5. The molecule has 0 aliphatic rings. The van der Waals surface area contributed by atoms with Crippen LogP contribution in [0.4, 0.5) is 8.78 Å². The van der Waals surface area contributed by atoms with Crippen LogP contribution in [0.3, 0.4) is 0 Å². The fraction of sp³-hybridized carbons (Fsp3) is 0.500. The quantitative estimate of drug-likeness (QED) is 0.841. The maximum Gasteiger partial charge on any atom is 0.258 e. The van der Waals surface area contributed by atoms with Crippen LogP contribution in [0.25, 0.3) is 0 Å². The Hall–Kier alpha value is -1.69. The Morgan fingerprint density at radius 2 is 1.85 bits per heavy atom. The van der Waals surface area contributed by atoms with Crippen molar-refractivity contribution in [3.63, 3.8) is 0 Å². The zero-order valence-corrected chi connectivity index (χ0v) is 11.7. The van der Waals surface area contributed by atoms with Gasteiger partial charge in [-0.3, -0.25) is 4.79 Å². The monoisotopic (exact) mass is 287 g/mol. The highest BCUT2D eigenvalue weighted by Crippen LogP contribution is 2.23. The van der Waals surface area contributed by atoms with Crippen molar-refractivity contribution in [2.75, 3.05) is 6.61 Å². The van der Waals surface area contributed by atoms with Gasteiger partial charge in [0, 0.05) is 6.04 Å². The minimum atomic E-state index is -0.946. The average Bonchev–Trinajstić information content (AvgIpc) is 2.37. The van der Waals surface area contributed by atoms with Gasteiger partial charge in [-0.1, -0.05) is 13.8 Å². The number of ether oxygens (including phenoxy) is 1. The van der Waals surface area contributed by atoms with Gasteiger partial charge in [0.25, 0.3) is 5.91 Å². The van der Waals surface area contributed by atoms with Gasteiger partial charge in [0.15, 0.2) is 24.0 Å². The smallest absolute Gasteiger partial charge is 0.258 e. The lowest BCUT2D eigenvalue weighted by molar-refractivity contribution is -0.124. The van der Waals surface area contributed by atoms with E-state index in [2.05, 4.69) is 5.32 Å². The van der Waals surface area contributed by atoms with Crippen LogP contribution in [-0.4, -0.2) is 23.7 Å². The van der Waals surface area contributed by atoms with E-state index < -0.39 is 36.5 Å². The first kappa shape index (κ1) is 16.4. The summed E-state index contributed by atoms with van der Waals surface area (Å²) in [5.74, 6) is -2.71. The van der Waals surface area contributed by atoms with Gasteiger partial charge in [-0.25, -0.2) is 8.78 Å². The van der Waals surface area contributed by atoms with Gasteiger partial charge in [-0.05, 0) is 30.5 Å². The highest BCUT2D eigenvalue weighted by Gasteiger charge is 2.16. The van der Waals surface area contributed by atoms with Crippen molar-refractivity contribution in [2.24, 2.45) is 5.92 Å². The topological polar surface area (TPSA) is 58.6 Å². The van der Waals surface area contributed by atoms with Crippen molar-refractivity contribution in [3.8, 4) is 5.75 Å². The molecule has 0 heterocycles. The molecular weight excluding hydrogens is 268 g/mol. The zero-order valence-electron chi connectivity index (χ0n) is 11.7. The molecule has 112 valence electrons. The predicted octanol–water partition coefficient (Wildman–Crippen LogP) is 2.00. The Balaban J connectivity index is 2.64. The van der Waals surface area contributed by atoms with E-state index in [-0.39, 0.29) is 17.5 Å². The molecule has 4 nitrogen and oxygen atoms in total. The number of halogens is 2. The van der Waals surface area contributed by atoms with E-state index in [1.165, 1.54) is 0 Å². The Bertz CT molecular complexity index is 454. The third kappa shape index (κ3) is 4.45. The van der Waals surface area contributed by atoms with Gasteiger partial charge in [0.1, 0.15) is 0 Å². The van der Waals surface area contributed by atoms with Crippen molar-refractivity contribution in [1.29, 1.82) is 0 Å². The first-order valence-corrected chi connectivity index (χ1v) is 6.36. The zero-order chi connectivity index (χ0) is 15.3. The maximum atomic E-state index is 13.5. The van der Waals surface area contributed by atoms with E-state index >= 15 is 0 Å². The van der Waals surface area contributed by atoms with E-state index in [4.69, 9.17) is 9.84 Å². The fourth-order valence-corrected chi connectivity index (χ4v) is 1.44. The molecule has 0 spiro atoms. The van der Waals surface area contributed by atoms with Crippen LogP contribution in [-0.2, 0) is 11.4 Å². The van der Waals surface area contributed by atoms with Crippen LogP contribution >= 0.6 is 0 Å². The molecule has 1 rings (SSSR count). The minimum absolute atomic E-state index is 0.0578. The molecular formula is C14H19F2NO3. The highest BCUT2D eigenvalue weighted by molar-refractivity contribution is 5.77. The lowest BCUT2D eigenvalue weighted by Gasteiger charge is -2.17. The van der Waals surface area contributed by atoms with Gasteiger partial charge in [-0.2, -0.15) is 0 Å². The van der Waals surface area contributed by atoms with Gasteiger partial charge in [0.05, 0.1) is 6.61 Å². The normalized spacial score (nSPS) is 12.3. The summed E-state index contributed by atoms with van der Waals surface area (Å²) in [4.78, 5) is 11.6. The SMILES string of the molecule is CC(C)C(C)NC(=O)COc1c(F)cc(CO)cc1F. The summed E-state index contributed by atoms with van der Waals surface area (Å²) in [5.41, 5.74) is 0.102. The number of aliphatic hydroxyl groups is 1. The molecule has 1 amide bonds. The highest BCUT2D eigenvalue weighted by atomic mass is 19.1. The Labute approximate surface area is 116 Å². The summed E-state index contributed by atoms with van der Waals surface area (Å²) in [6, 6.07) is 1.87. The van der Waals surface area contributed by atoms with Crippen LogP contribution in [0.1, 0.15) is 26.3 Å². The molecule has 0 saturated carbocycles. The molecule has 0 saturated heterocycles. The second-order valence-corrected chi connectivity index (χ2v) is 4.94. The van der Waals surface area contributed by atoms with E-state index in [1.54, 1.807) is 0 Å². The van der Waals surface area contributed by atoms with Gasteiger partial charge < -0.3 is 15.2 Å². The largest absolute Gasteiger partial charge is 0.478 e. The van der Waals surface area contributed by atoms with Crippen LogP contribution < -0.4 is 10.1 Å². The molecule has 0 aromatic heterocycles. The fourth-order valence-electron chi connectivity index (χ4n) is 1.44. The number of carbonyl (C=O) groups excluding carboxylic acids is 1. The molecule has 2 N–H and O–H groups in total. The second kappa shape index (κ2) is 7.19. The van der Waals surface area contributed by atoms with Gasteiger partial charge in [0.2, 0.25) is 0 Å². The number of rotatable bonds is 6. The summed E-state index contributed by atoms with van der Waals surface area (Å²) in [7, 11) is 0. The van der Waals surface area contributed by atoms with E-state index in [9.17, 15) is 13.6 Å². The average molecular weight is 287 g/mol. The number of benzene rings is 1. The summed E-state index contributed by atoms with van der Waals surface area (Å²) < 4.78 is 31.9. The molecule has 20 heavy (non-hydrogen) atoms. The predicted molar refractivity (Wildman–Crippen MR) is 70.2 cm³/mol. The third-order valence-corrected chi connectivity index (χ3v) is 2.98. The van der Waals surface area contributed by atoms with Crippen LogP contribution in [0.2, 0.25) is 0 Å². The van der Waals surface area contributed by atoms with Crippen molar-refractivity contribution in [2.45, 2.75) is 33.4 Å². The molecule has 1 unspecified atom stereocenters. The second-order valence-electron chi connectivity index (χ2n) is 4.94. The number of aliphatic hydroxyl groups excluding tert-OH is 1. The number of carbonyl (C=O) groups is 1. The van der Waals surface area contributed by atoms with Crippen molar-refractivity contribution < 1.29 is 23.4 Å². The van der Waals surface area contributed by atoms with E-state index in [1.807, 2.05) is 20.8 Å². The van der Waals surface area contributed by atoms with E-state index in [0.717, 1.165) is 12.1 Å².